The topological polar surface area (TPSA) is 134 Å². The summed E-state index contributed by atoms with van der Waals surface area (Å²) in [5.74, 6) is 0.00640. The molecule has 0 aliphatic rings. The van der Waals surface area contributed by atoms with Gasteiger partial charge in [-0.25, -0.2) is 8.42 Å². The number of nitrogens with one attached hydrogen (secondary N) is 2. The first-order chi connectivity index (χ1) is 15.5. The number of benzene rings is 2. The minimum Gasteiger partial charge on any atom is -0.506 e. The highest BCUT2D eigenvalue weighted by Crippen LogP contribution is 2.42. The highest BCUT2D eigenvalue weighted by Gasteiger charge is 2.21. The lowest BCUT2D eigenvalue weighted by Gasteiger charge is -2.13. The number of hydrogen-bond donors (Lipinski definition) is 3. The number of aromatic amines is 1. The number of pyridine rings is 1. The Morgan fingerprint density at radius 3 is 2.59 bits per heavy atom. The van der Waals surface area contributed by atoms with Crippen LogP contribution in [0, 0.1) is 0 Å². The molecule has 0 aliphatic carbocycles. The van der Waals surface area contributed by atoms with E-state index in [0.29, 0.717) is 32.2 Å². The predicted molar refractivity (Wildman–Crippen MR) is 122 cm³/mol. The normalized spacial score (nSPS) is 11.6. The van der Waals surface area contributed by atoms with Gasteiger partial charge in [-0.2, -0.15) is 5.21 Å². The minimum atomic E-state index is -3.88. The summed E-state index contributed by atoms with van der Waals surface area (Å²) in [5.41, 5.74) is 1.03. The molecule has 5 rings (SSSR count). The maximum atomic E-state index is 13.2. The number of aromatic hydroxyl groups is 1. The van der Waals surface area contributed by atoms with E-state index < -0.39 is 10.0 Å². The number of sulfonamides is 1. The summed E-state index contributed by atoms with van der Waals surface area (Å²) in [4.78, 5) is 5.41. The van der Waals surface area contributed by atoms with Crippen LogP contribution in [0.25, 0.3) is 21.3 Å². The summed E-state index contributed by atoms with van der Waals surface area (Å²) in [7, 11) is -3.88. The zero-order chi connectivity index (χ0) is 22.1. The van der Waals surface area contributed by atoms with Gasteiger partial charge in [0.1, 0.15) is 9.96 Å². The summed E-state index contributed by atoms with van der Waals surface area (Å²) in [6, 6.07) is 17.3. The Labute approximate surface area is 190 Å². The van der Waals surface area contributed by atoms with Crippen LogP contribution < -0.4 is 4.72 Å². The average Bonchev–Trinajstić information content (AvgIpc) is 3.50. The smallest absolute Gasteiger partial charge is 0.271 e. The van der Waals surface area contributed by atoms with Gasteiger partial charge in [0.25, 0.3) is 10.0 Å². The summed E-state index contributed by atoms with van der Waals surface area (Å²) in [6.45, 7) is 0. The number of aromatic nitrogens is 5. The van der Waals surface area contributed by atoms with E-state index >= 15 is 0 Å². The monoisotopic (exact) mass is 482 g/mol. The lowest BCUT2D eigenvalue weighted by Crippen LogP contribution is -2.11. The molecule has 0 saturated heterocycles. The van der Waals surface area contributed by atoms with Crippen LogP contribution in [0.1, 0.15) is 0 Å². The average molecular weight is 483 g/mol. The third kappa shape index (κ3) is 3.90. The Balaban J connectivity index is 1.54. The van der Waals surface area contributed by atoms with E-state index in [0.717, 1.165) is 28.0 Å². The third-order valence-electron chi connectivity index (χ3n) is 4.52. The molecule has 3 heterocycles. The van der Waals surface area contributed by atoms with Crippen molar-refractivity contribution in [3.05, 3.63) is 66.9 Å². The number of rotatable bonds is 6. The second kappa shape index (κ2) is 8.22. The standard InChI is InChI=1S/C20H14N6O3S3/c27-19-13-6-2-1-5-12(13)15(11-17(19)31-20-22-25-26-23-20)24-32(28,29)18-9-8-16(30-18)14-7-3-4-10-21-14/h1-11,24,27H,(H,22,23,25,26). The summed E-state index contributed by atoms with van der Waals surface area (Å²) >= 11 is 2.20. The molecular weight excluding hydrogens is 468 g/mol. The minimum absolute atomic E-state index is 0.00640. The second-order valence-electron chi connectivity index (χ2n) is 6.55. The first-order valence-electron chi connectivity index (χ1n) is 9.21. The van der Waals surface area contributed by atoms with Gasteiger partial charge in [-0.1, -0.05) is 30.3 Å². The quantitative estimate of drug-likeness (QED) is 0.308. The molecule has 0 radical (unpaired) electrons. The number of thiophene rings is 1. The fourth-order valence-electron chi connectivity index (χ4n) is 3.10. The molecule has 0 spiro atoms. The van der Waals surface area contributed by atoms with Crippen LogP contribution in [-0.4, -0.2) is 39.1 Å². The highest BCUT2D eigenvalue weighted by atomic mass is 32.2. The number of phenolic OH excluding ortho intramolecular Hbond substituents is 1. The summed E-state index contributed by atoms with van der Waals surface area (Å²) in [5, 5.41) is 25.7. The first kappa shape index (κ1) is 20.4. The van der Waals surface area contributed by atoms with Crippen molar-refractivity contribution in [2.24, 2.45) is 0 Å². The zero-order valence-electron chi connectivity index (χ0n) is 16.1. The summed E-state index contributed by atoms with van der Waals surface area (Å²) < 4.78 is 29.2. The lowest BCUT2D eigenvalue weighted by atomic mass is 10.1. The largest absolute Gasteiger partial charge is 0.506 e. The molecule has 160 valence electrons. The number of nitrogens with zero attached hydrogens (tertiary/aromatic N) is 4. The van der Waals surface area contributed by atoms with E-state index in [1.165, 1.54) is 0 Å². The van der Waals surface area contributed by atoms with Crippen LogP contribution in [0.4, 0.5) is 5.69 Å². The number of phenols is 1. The van der Waals surface area contributed by atoms with Crippen molar-refractivity contribution in [3.63, 3.8) is 0 Å². The lowest BCUT2D eigenvalue weighted by molar-refractivity contribution is 0.469. The van der Waals surface area contributed by atoms with Gasteiger partial charge in [0.15, 0.2) is 0 Å². The molecule has 32 heavy (non-hydrogen) atoms. The van der Waals surface area contributed by atoms with E-state index in [2.05, 4.69) is 30.3 Å². The van der Waals surface area contributed by atoms with Crippen LogP contribution in [0.3, 0.4) is 0 Å². The molecule has 3 N–H and O–H groups in total. The first-order valence-corrected chi connectivity index (χ1v) is 12.3. The van der Waals surface area contributed by atoms with Crippen molar-refractivity contribution in [1.29, 1.82) is 0 Å². The Morgan fingerprint density at radius 2 is 1.84 bits per heavy atom. The Bertz CT molecular complexity index is 1500. The van der Waals surface area contributed by atoms with E-state index in [1.807, 2.05) is 12.1 Å². The van der Waals surface area contributed by atoms with Crippen LogP contribution in [-0.2, 0) is 10.0 Å². The van der Waals surface area contributed by atoms with Crippen molar-refractivity contribution < 1.29 is 13.5 Å². The number of fused-ring (bicyclic) bond motifs is 1. The molecule has 3 aromatic heterocycles. The molecule has 0 atom stereocenters. The van der Waals surface area contributed by atoms with Crippen LogP contribution in [0.15, 0.2) is 81.1 Å². The Hall–Kier alpha value is -3.48. The molecule has 5 aromatic rings. The molecule has 0 saturated carbocycles. The van der Waals surface area contributed by atoms with Crippen molar-refractivity contribution in [2.45, 2.75) is 14.3 Å². The van der Waals surface area contributed by atoms with Crippen LogP contribution in [0.2, 0.25) is 0 Å². The van der Waals surface area contributed by atoms with Gasteiger partial charge in [-0.3, -0.25) is 9.71 Å². The molecule has 0 amide bonds. The third-order valence-corrected chi connectivity index (χ3v) is 8.37. The van der Waals surface area contributed by atoms with Gasteiger partial charge in [0, 0.05) is 17.0 Å². The Morgan fingerprint density at radius 1 is 1.03 bits per heavy atom. The van der Waals surface area contributed by atoms with Gasteiger partial charge in [-0.05, 0) is 47.3 Å². The van der Waals surface area contributed by atoms with Crippen molar-refractivity contribution in [3.8, 4) is 16.3 Å². The number of H-pyrrole nitrogens is 1. The van der Waals surface area contributed by atoms with Gasteiger partial charge in [0.05, 0.1) is 21.2 Å². The maximum absolute atomic E-state index is 13.2. The van der Waals surface area contributed by atoms with E-state index in [9.17, 15) is 13.5 Å². The maximum Gasteiger partial charge on any atom is 0.271 e. The molecule has 2 aromatic carbocycles. The van der Waals surface area contributed by atoms with Crippen molar-refractivity contribution >= 4 is 49.6 Å². The predicted octanol–water partition coefficient (Wildman–Crippen LogP) is 4.13. The summed E-state index contributed by atoms with van der Waals surface area (Å²) in [6.07, 6.45) is 1.66. The number of hydrogen-bond acceptors (Lipinski definition) is 9. The van der Waals surface area contributed by atoms with E-state index in [1.54, 1.807) is 54.7 Å². The number of anilines is 1. The van der Waals surface area contributed by atoms with Gasteiger partial charge < -0.3 is 5.11 Å². The fraction of sp³-hybridized carbons (Fsp3) is 0. The SMILES string of the molecule is O=S(=O)(Nc1cc(Sc2nn[nH]n2)c(O)c2ccccc12)c1ccc(-c2ccccn2)s1. The van der Waals surface area contributed by atoms with Crippen LogP contribution in [0.5, 0.6) is 5.75 Å². The molecule has 12 heteroatoms. The van der Waals surface area contributed by atoms with Gasteiger partial charge >= 0.3 is 0 Å². The molecular formula is C20H14N6O3S3. The van der Waals surface area contributed by atoms with Gasteiger partial charge in [-0.15, -0.1) is 21.5 Å². The molecule has 0 bridgehead atoms. The molecule has 0 unspecified atom stereocenters. The Kier molecular flexibility index (Phi) is 5.25. The fourth-order valence-corrected chi connectivity index (χ4v) is 6.20. The second-order valence-corrected chi connectivity index (χ2v) is 10.6. The van der Waals surface area contributed by atoms with E-state index in [4.69, 9.17) is 0 Å². The molecule has 0 aliphatic heterocycles. The van der Waals surface area contributed by atoms with E-state index in [-0.39, 0.29) is 9.96 Å². The zero-order valence-corrected chi connectivity index (χ0v) is 18.6. The van der Waals surface area contributed by atoms with Gasteiger partial charge in [0.2, 0.25) is 5.16 Å². The number of tetrazole rings is 1. The molecule has 0 fully saturated rings. The van der Waals surface area contributed by atoms with Crippen molar-refractivity contribution in [2.75, 3.05) is 4.72 Å². The van der Waals surface area contributed by atoms with Crippen LogP contribution >= 0.6 is 23.1 Å². The molecule has 9 nitrogen and oxygen atoms in total. The highest BCUT2D eigenvalue weighted by molar-refractivity contribution is 7.99. The van der Waals surface area contributed by atoms with Crippen molar-refractivity contribution in [1.82, 2.24) is 25.6 Å².